The fraction of sp³-hybridized carbons (Fsp3) is 0.520. The van der Waals surface area contributed by atoms with Gasteiger partial charge >= 0.3 is 0 Å². The molecule has 0 bridgehead atoms. The molecule has 3 heterocycles. The third kappa shape index (κ3) is 4.77. The molecule has 4 rings (SSSR count). The molecule has 178 valence electrons. The summed E-state index contributed by atoms with van der Waals surface area (Å²) in [7, 11) is 3.43. The molecule has 0 amide bonds. The molecule has 1 saturated heterocycles. The Bertz CT molecular complexity index is 1170. The summed E-state index contributed by atoms with van der Waals surface area (Å²) in [5.74, 6) is 1.60. The molecule has 0 radical (unpaired) electrons. The van der Waals surface area contributed by atoms with Gasteiger partial charge in [0.25, 0.3) is 5.56 Å². The zero-order chi connectivity index (χ0) is 23.7. The van der Waals surface area contributed by atoms with E-state index in [2.05, 4.69) is 39.9 Å². The minimum Gasteiger partial charge on any atom is -0.496 e. The summed E-state index contributed by atoms with van der Waals surface area (Å²) in [6.45, 7) is 13.6. The Morgan fingerprint density at radius 2 is 1.79 bits per heavy atom. The van der Waals surface area contributed by atoms with Gasteiger partial charge in [-0.1, -0.05) is 0 Å². The number of aryl methyl sites for hydroxylation is 1. The molecule has 8 heteroatoms. The molecule has 8 nitrogen and oxygen atoms in total. The second-order valence-corrected chi connectivity index (χ2v) is 9.35. The second kappa shape index (κ2) is 9.57. The minimum absolute atomic E-state index is 0.0388. The molecular weight excluding hydrogens is 418 g/mol. The number of ether oxygens (including phenoxy) is 2. The monoisotopic (exact) mass is 453 g/mol. The van der Waals surface area contributed by atoms with Crippen molar-refractivity contribution in [1.29, 1.82) is 0 Å². The summed E-state index contributed by atoms with van der Waals surface area (Å²) in [5.41, 5.74) is 3.24. The lowest BCUT2D eigenvalue weighted by molar-refractivity contribution is 0.103. The van der Waals surface area contributed by atoms with Crippen molar-refractivity contribution in [3.63, 3.8) is 0 Å². The van der Waals surface area contributed by atoms with Gasteiger partial charge in [-0.25, -0.2) is 0 Å². The number of nitrogens with one attached hydrogen (secondary N) is 1. The standard InChI is InChI=1S/C25H35N5O3/c1-16(2)30-9-7-29(8-10-30)14-18-11-23(32-6)19(12-22(18)33-17(3)4)21-15-28(5)25(31)24-20(21)13-26-27-24/h11-13,15-17H,7-10,14H2,1-6H3,(H,26,27). The van der Waals surface area contributed by atoms with E-state index in [4.69, 9.17) is 9.47 Å². The molecule has 33 heavy (non-hydrogen) atoms. The predicted molar refractivity (Wildman–Crippen MR) is 131 cm³/mol. The number of rotatable bonds is 7. The third-order valence-corrected chi connectivity index (χ3v) is 6.35. The number of hydrogen-bond donors (Lipinski definition) is 1. The van der Waals surface area contributed by atoms with Crippen LogP contribution in [0.5, 0.6) is 11.5 Å². The van der Waals surface area contributed by atoms with Crippen LogP contribution in [0.25, 0.3) is 22.0 Å². The van der Waals surface area contributed by atoms with Crippen LogP contribution in [0.3, 0.4) is 0 Å². The minimum atomic E-state index is -0.110. The van der Waals surface area contributed by atoms with Crippen molar-refractivity contribution in [3.05, 3.63) is 40.4 Å². The maximum atomic E-state index is 12.5. The van der Waals surface area contributed by atoms with Crippen molar-refractivity contribution in [2.45, 2.75) is 46.4 Å². The number of nitrogens with zero attached hydrogens (tertiary/aromatic N) is 4. The number of aromatic amines is 1. The van der Waals surface area contributed by atoms with E-state index in [-0.39, 0.29) is 11.7 Å². The van der Waals surface area contributed by atoms with Crippen LogP contribution in [-0.4, -0.2) is 70.0 Å². The smallest absolute Gasteiger partial charge is 0.276 e. The van der Waals surface area contributed by atoms with E-state index in [0.29, 0.717) is 11.6 Å². The Balaban J connectivity index is 1.74. The van der Waals surface area contributed by atoms with Gasteiger partial charge in [0, 0.05) is 74.1 Å². The molecule has 3 aromatic rings. The lowest BCUT2D eigenvalue weighted by Crippen LogP contribution is -2.48. The van der Waals surface area contributed by atoms with Crippen LogP contribution in [0.4, 0.5) is 0 Å². The quantitative estimate of drug-likeness (QED) is 0.592. The van der Waals surface area contributed by atoms with Crippen LogP contribution in [0.1, 0.15) is 33.3 Å². The van der Waals surface area contributed by atoms with Crippen LogP contribution in [0.15, 0.2) is 29.3 Å². The van der Waals surface area contributed by atoms with E-state index >= 15 is 0 Å². The fourth-order valence-electron chi connectivity index (χ4n) is 4.51. The van der Waals surface area contributed by atoms with Crippen LogP contribution in [0, 0.1) is 0 Å². The van der Waals surface area contributed by atoms with Crippen molar-refractivity contribution in [2.24, 2.45) is 7.05 Å². The number of methoxy groups -OCH3 is 1. The summed E-state index contributed by atoms with van der Waals surface area (Å²) in [4.78, 5) is 17.5. The molecule has 1 aliphatic heterocycles. The first-order chi connectivity index (χ1) is 15.8. The molecule has 0 spiro atoms. The van der Waals surface area contributed by atoms with Crippen molar-refractivity contribution < 1.29 is 9.47 Å². The van der Waals surface area contributed by atoms with Gasteiger partial charge in [-0.3, -0.25) is 19.7 Å². The van der Waals surface area contributed by atoms with Gasteiger partial charge < -0.3 is 14.0 Å². The lowest BCUT2D eigenvalue weighted by atomic mass is 9.99. The van der Waals surface area contributed by atoms with Crippen LogP contribution in [0.2, 0.25) is 0 Å². The highest BCUT2D eigenvalue weighted by atomic mass is 16.5. The second-order valence-electron chi connectivity index (χ2n) is 9.35. The summed E-state index contributed by atoms with van der Waals surface area (Å²) in [6, 6.07) is 4.71. The molecule has 1 aliphatic rings. The summed E-state index contributed by atoms with van der Waals surface area (Å²) < 4.78 is 13.7. The van der Waals surface area contributed by atoms with Crippen LogP contribution < -0.4 is 15.0 Å². The number of fused-ring (bicyclic) bond motifs is 1. The molecule has 0 unspecified atom stereocenters. The molecular formula is C25H35N5O3. The molecule has 2 aromatic heterocycles. The number of H-pyrrole nitrogens is 1. The van der Waals surface area contributed by atoms with Gasteiger partial charge in [-0.15, -0.1) is 0 Å². The number of hydrogen-bond acceptors (Lipinski definition) is 6. The topological polar surface area (TPSA) is 75.6 Å². The zero-order valence-electron chi connectivity index (χ0n) is 20.5. The first-order valence-electron chi connectivity index (χ1n) is 11.7. The molecule has 1 aromatic carbocycles. The first kappa shape index (κ1) is 23.3. The van der Waals surface area contributed by atoms with E-state index in [1.54, 1.807) is 24.9 Å². The fourth-order valence-corrected chi connectivity index (χ4v) is 4.51. The lowest BCUT2D eigenvalue weighted by Gasteiger charge is -2.37. The van der Waals surface area contributed by atoms with E-state index in [1.807, 2.05) is 26.1 Å². The van der Waals surface area contributed by atoms with Crippen molar-refractivity contribution in [3.8, 4) is 22.6 Å². The average molecular weight is 454 g/mol. The molecule has 1 fully saturated rings. The molecule has 0 saturated carbocycles. The SMILES string of the molecule is COc1cc(CN2CCN(C(C)C)CC2)c(OC(C)C)cc1-c1cn(C)c(=O)c2[nH]ncc12. The summed E-state index contributed by atoms with van der Waals surface area (Å²) in [5, 5.41) is 7.71. The maximum Gasteiger partial charge on any atom is 0.276 e. The van der Waals surface area contributed by atoms with Crippen LogP contribution >= 0.6 is 0 Å². The Morgan fingerprint density at radius 1 is 1.06 bits per heavy atom. The summed E-state index contributed by atoms with van der Waals surface area (Å²) in [6.07, 6.45) is 3.57. The molecule has 0 atom stereocenters. The largest absolute Gasteiger partial charge is 0.496 e. The predicted octanol–water partition coefficient (Wildman–Crippen LogP) is 3.25. The van der Waals surface area contributed by atoms with Crippen LogP contribution in [-0.2, 0) is 13.6 Å². The van der Waals surface area contributed by atoms with Crippen molar-refractivity contribution >= 4 is 10.9 Å². The highest BCUT2D eigenvalue weighted by molar-refractivity contribution is 5.95. The first-order valence-corrected chi connectivity index (χ1v) is 11.7. The Morgan fingerprint density at radius 3 is 2.42 bits per heavy atom. The van der Waals surface area contributed by atoms with Gasteiger partial charge in [0.15, 0.2) is 0 Å². The van der Waals surface area contributed by atoms with Gasteiger partial charge in [-0.2, -0.15) is 5.10 Å². The molecule has 0 aliphatic carbocycles. The number of pyridine rings is 1. The maximum absolute atomic E-state index is 12.5. The van der Waals surface area contributed by atoms with Gasteiger partial charge in [0.05, 0.1) is 19.4 Å². The number of benzene rings is 1. The Hall–Kier alpha value is -2.84. The van der Waals surface area contributed by atoms with Crippen molar-refractivity contribution in [2.75, 3.05) is 33.3 Å². The highest BCUT2D eigenvalue weighted by Crippen LogP contribution is 2.39. The normalized spacial score (nSPS) is 15.6. The van der Waals surface area contributed by atoms with E-state index < -0.39 is 0 Å². The number of aromatic nitrogens is 3. The van der Waals surface area contributed by atoms with Gasteiger partial charge in [0.2, 0.25) is 0 Å². The van der Waals surface area contributed by atoms with E-state index in [9.17, 15) is 4.79 Å². The Kier molecular flexibility index (Phi) is 6.76. The van der Waals surface area contributed by atoms with Gasteiger partial charge in [0.1, 0.15) is 17.0 Å². The number of piperazine rings is 1. The van der Waals surface area contributed by atoms with E-state index in [0.717, 1.165) is 66.3 Å². The third-order valence-electron chi connectivity index (χ3n) is 6.35. The van der Waals surface area contributed by atoms with E-state index in [1.165, 1.54) is 0 Å². The average Bonchev–Trinajstić information content (AvgIpc) is 3.27. The molecule has 1 N–H and O–H groups in total. The zero-order valence-corrected chi connectivity index (χ0v) is 20.5. The summed E-state index contributed by atoms with van der Waals surface area (Å²) >= 11 is 0. The Labute approximate surface area is 195 Å². The van der Waals surface area contributed by atoms with Crippen molar-refractivity contribution in [1.82, 2.24) is 24.6 Å². The van der Waals surface area contributed by atoms with Gasteiger partial charge in [-0.05, 0) is 39.8 Å². The highest BCUT2D eigenvalue weighted by Gasteiger charge is 2.23.